The van der Waals surface area contributed by atoms with Crippen molar-refractivity contribution in [1.82, 2.24) is 4.57 Å². The molecule has 3 nitrogen and oxygen atoms in total. The van der Waals surface area contributed by atoms with E-state index in [0.29, 0.717) is 0 Å². The first-order valence-corrected chi connectivity index (χ1v) is 7.54. The molecule has 0 amide bonds. The van der Waals surface area contributed by atoms with E-state index in [9.17, 15) is 0 Å². The summed E-state index contributed by atoms with van der Waals surface area (Å²) in [6.45, 7) is 0.739. The van der Waals surface area contributed by atoms with Gasteiger partial charge >= 0.3 is 0 Å². The Morgan fingerprint density at radius 1 is 1.25 bits per heavy atom. The van der Waals surface area contributed by atoms with Crippen LogP contribution < -0.4 is 10.5 Å². The van der Waals surface area contributed by atoms with Crippen LogP contribution in [0.2, 0.25) is 0 Å². The molecule has 1 aromatic carbocycles. The van der Waals surface area contributed by atoms with Crippen LogP contribution in [0.5, 0.6) is 5.75 Å². The molecule has 1 aliphatic rings. The molecule has 0 bridgehead atoms. The molecule has 0 spiro atoms. The SMILES string of the molecule is COc1cccc2c(C3(CN)CCCCC3)cn(C)c12. The second-order valence-electron chi connectivity index (χ2n) is 6.06. The number of ether oxygens (including phenoxy) is 1. The van der Waals surface area contributed by atoms with Gasteiger partial charge in [0, 0.05) is 30.6 Å². The molecule has 1 heterocycles. The van der Waals surface area contributed by atoms with Gasteiger partial charge < -0.3 is 15.0 Å². The second-order valence-corrected chi connectivity index (χ2v) is 6.06. The Kier molecular flexibility index (Phi) is 3.47. The number of hydrogen-bond donors (Lipinski definition) is 1. The summed E-state index contributed by atoms with van der Waals surface area (Å²) in [5.41, 5.74) is 8.95. The molecule has 1 saturated carbocycles. The van der Waals surface area contributed by atoms with Crippen molar-refractivity contribution in [3.05, 3.63) is 30.0 Å². The maximum Gasteiger partial charge on any atom is 0.143 e. The Balaban J connectivity index is 2.21. The molecule has 3 rings (SSSR count). The fourth-order valence-electron chi connectivity index (χ4n) is 3.83. The lowest BCUT2D eigenvalue weighted by molar-refractivity contribution is 0.302. The number of nitrogens with two attached hydrogens (primary N) is 1. The lowest BCUT2D eigenvalue weighted by Crippen LogP contribution is -2.37. The number of methoxy groups -OCH3 is 1. The topological polar surface area (TPSA) is 40.2 Å². The van der Waals surface area contributed by atoms with Gasteiger partial charge in [-0.2, -0.15) is 0 Å². The van der Waals surface area contributed by atoms with Crippen LogP contribution in [0, 0.1) is 0 Å². The van der Waals surface area contributed by atoms with Crippen molar-refractivity contribution in [3.8, 4) is 5.75 Å². The van der Waals surface area contributed by atoms with Gasteiger partial charge in [0.2, 0.25) is 0 Å². The fourth-order valence-corrected chi connectivity index (χ4v) is 3.83. The highest BCUT2D eigenvalue weighted by molar-refractivity contribution is 5.90. The smallest absolute Gasteiger partial charge is 0.143 e. The van der Waals surface area contributed by atoms with Crippen LogP contribution in [0.4, 0.5) is 0 Å². The number of rotatable bonds is 3. The highest BCUT2D eigenvalue weighted by atomic mass is 16.5. The average molecular weight is 272 g/mol. The molecule has 1 aromatic heterocycles. The quantitative estimate of drug-likeness (QED) is 0.931. The number of benzene rings is 1. The maximum atomic E-state index is 6.20. The summed E-state index contributed by atoms with van der Waals surface area (Å²) in [6.07, 6.45) is 8.61. The summed E-state index contributed by atoms with van der Waals surface area (Å²) in [7, 11) is 3.84. The molecule has 1 fully saturated rings. The lowest BCUT2D eigenvalue weighted by atomic mass is 9.69. The largest absolute Gasteiger partial charge is 0.495 e. The van der Waals surface area contributed by atoms with Gasteiger partial charge in [-0.15, -0.1) is 0 Å². The van der Waals surface area contributed by atoms with E-state index in [1.165, 1.54) is 48.6 Å². The van der Waals surface area contributed by atoms with Gasteiger partial charge in [-0.3, -0.25) is 0 Å². The molecule has 0 radical (unpaired) electrons. The van der Waals surface area contributed by atoms with Gasteiger partial charge in [-0.05, 0) is 24.5 Å². The molecular formula is C17H24N2O. The van der Waals surface area contributed by atoms with Crippen molar-refractivity contribution >= 4 is 10.9 Å². The molecule has 2 N–H and O–H groups in total. The Bertz CT molecular complexity index is 609. The van der Waals surface area contributed by atoms with Crippen molar-refractivity contribution < 1.29 is 4.74 Å². The van der Waals surface area contributed by atoms with E-state index in [1.807, 2.05) is 6.07 Å². The van der Waals surface area contributed by atoms with E-state index >= 15 is 0 Å². The van der Waals surface area contributed by atoms with E-state index in [1.54, 1.807) is 7.11 Å². The van der Waals surface area contributed by atoms with Crippen molar-refractivity contribution in [1.29, 1.82) is 0 Å². The summed E-state index contributed by atoms with van der Waals surface area (Å²) in [5, 5.41) is 1.30. The molecule has 1 aliphatic carbocycles. The molecule has 0 atom stereocenters. The normalized spacial score (nSPS) is 18.4. The van der Waals surface area contributed by atoms with E-state index < -0.39 is 0 Å². The second kappa shape index (κ2) is 5.13. The molecule has 0 unspecified atom stereocenters. The van der Waals surface area contributed by atoms with E-state index in [-0.39, 0.29) is 5.41 Å². The average Bonchev–Trinajstić information content (AvgIpc) is 2.86. The predicted octanol–water partition coefficient (Wildman–Crippen LogP) is 3.35. The Hall–Kier alpha value is -1.48. The molecule has 108 valence electrons. The van der Waals surface area contributed by atoms with Crippen LogP contribution in [-0.4, -0.2) is 18.2 Å². The maximum absolute atomic E-state index is 6.20. The van der Waals surface area contributed by atoms with Crippen molar-refractivity contribution in [3.63, 3.8) is 0 Å². The van der Waals surface area contributed by atoms with Crippen LogP contribution in [0.25, 0.3) is 10.9 Å². The standard InChI is InChI=1S/C17H24N2O/c1-19-11-14(17(12-18)9-4-3-5-10-17)13-7-6-8-15(20-2)16(13)19/h6-8,11H,3-5,9-10,12,18H2,1-2H3. The van der Waals surface area contributed by atoms with Crippen molar-refractivity contribution in [2.45, 2.75) is 37.5 Å². The number of fused-ring (bicyclic) bond motifs is 1. The van der Waals surface area contributed by atoms with Gasteiger partial charge in [0.1, 0.15) is 5.75 Å². The van der Waals surface area contributed by atoms with E-state index in [4.69, 9.17) is 10.5 Å². The first-order chi connectivity index (χ1) is 9.72. The first-order valence-electron chi connectivity index (χ1n) is 7.54. The van der Waals surface area contributed by atoms with E-state index in [2.05, 4.69) is 29.9 Å². The predicted molar refractivity (Wildman–Crippen MR) is 83.3 cm³/mol. The monoisotopic (exact) mass is 272 g/mol. The summed E-state index contributed by atoms with van der Waals surface area (Å²) < 4.78 is 7.71. The summed E-state index contributed by atoms with van der Waals surface area (Å²) in [6, 6.07) is 6.32. The third-order valence-electron chi connectivity index (χ3n) is 4.96. The van der Waals surface area contributed by atoms with Gasteiger partial charge in [-0.25, -0.2) is 0 Å². The zero-order valence-corrected chi connectivity index (χ0v) is 12.5. The molecular weight excluding hydrogens is 248 g/mol. The van der Waals surface area contributed by atoms with Crippen molar-refractivity contribution in [2.24, 2.45) is 12.8 Å². The van der Waals surface area contributed by atoms with Crippen molar-refractivity contribution in [2.75, 3.05) is 13.7 Å². The molecule has 3 heteroatoms. The minimum atomic E-state index is 0.157. The molecule has 0 saturated heterocycles. The fraction of sp³-hybridized carbons (Fsp3) is 0.529. The van der Waals surface area contributed by atoms with Crippen LogP contribution in [0.3, 0.4) is 0 Å². The number of aromatic nitrogens is 1. The van der Waals surface area contributed by atoms with Gasteiger partial charge in [-0.1, -0.05) is 31.4 Å². The van der Waals surface area contributed by atoms with Gasteiger partial charge in [0.15, 0.2) is 0 Å². The Morgan fingerprint density at radius 2 is 2.00 bits per heavy atom. The lowest BCUT2D eigenvalue weighted by Gasteiger charge is -2.36. The third-order valence-corrected chi connectivity index (χ3v) is 4.96. The number of para-hydroxylation sites is 1. The minimum Gasteiger partial charge on any atom is -0.495 e. The van der Waals surface area contributed by atoms with Crippen LogP contribution in [0.15, 0.2) is 24.4 Å². The summed E-state index contributed by atoms with van der Waals surface area (Å²) in [5.74, 6) is 0.944. The first kappa shape index (κ1) is 13.5. The molecule has 20 heavy (non-hydrogen) atoms. The number of aryl methyl sites for hydroxylation is 1. The van der Waals surface area contributed by atoms with Crippen LogP contribution in [-0.2, 0) is 12.5 Å². The van der Waals surface area contributed by atoms with Gasteiger partial charge in [0.05, 0.1) is 12.6 Å². The summed E-state index contributed by atoms with van der Waals surface area (Å²) >= 11 is 0. The Morgan fingerprint density at radius 3 is 2.65 bits per heavy atom. The summed E-state index contributed by atoms with van der Waals surface area (Å²) in [4.78, 5) is 0. The highest BCUT2D eigenvalue weighted by Gasteiger charge is 2.35. The molecule has 0 aliphatic heterocycles. The highest BCUT2D eigenvalue weighted by Crippen LogP contribution is 2.43. The zero-order chi connectivity index (χ0) is 14.2. The minimum absolute atomic E-state index is 0.157. The van der Waals surface area contributed by atoms with Crippen LogP contribution in [0.1, 0.15) is 37.7 Å². The zero-order valence-electron chi connectivity index (χ0n) is 12.5. The third kappa shape index (κ3) is 1.92. The van der Waals surface area contributed by atoms with Crippen LogP contribution >= 0.6 is 0 Å². The Labute approximate surface area is 120 Å². The van der Waals surface area contributed by atoms with Gasteiger partial charge in [0.25, 0.3) is 0 Å². The molecule has 2 aromatic rings. The van der Waals surface area contributed by atoms with E-state index in [0.717, 1.165) is 12.3 Å². The number of nitrogens with zero attached hydrogens (tertiary/aromatic N) is 1. The number of hydrogen-bond acceptors (Lipinski definition) is 2.